The maximum atomic E-state index is 12.7. The lowest BCUT2D eigenvalue weighted by atomic mass is 10.2. The minimum absolute atomic E-state index is 0.254. The van der Waals surface area contributed by atoms with Crippen LogP contribution in [0.2, 0.25) is 0 Å². The number of aryl methyl sites for hydroxylation is 1. The standard InChI is InChI=1S/C15H13FN2/c1-12-2-4-13(5-3-12)10-17-18-11-14-6-8-15(16)9-7-14/h2-11H,1H3. The first-order valence-electron chi connectivity index (χ1n) is 5.63. The minimum Gasteiger partial charge on any atom is -0.207 e. The van der Waals surface area contributed by atoms with Gasteiger partial charge in [0.25, 0.3) is 0 Å². The summed E-state index contributed by atoms with van der Waals surface area (Å²) in [5, 5.41) is 7.85. The average Bonchev–Trinajstić information content (AvgIpc) is 2.39. The van der Waals surface area contributed by atoms with E-state index in [2.05, 4.69) is 10.2 Å². The van der Waals surface area contributed by atoms with Gasteiger partial charge in [0.2, 0.25) is 0 Å². The van der Waals surface area contributed by atoms with Crippen molar-refractivity contribution in [1.82, 2.24) is 0 Å². The molecular weight excluding hydrogens is 227 g/mol. The van der Waals surface area contributed by atoms with Crippen LogP contribution in [0.3, 0.4) is 0 Å². The Morgan fingerprint density at radius 2 is 1.22 bits per heavy atom. The van der Waals surface area contributed by atoms with Crippen molar-refractivity contribution in [2.45, 2.75) is 6.92 Å². The smallest absolute Gasteiger partial charge is 0.123 e. The number of hydrogen-bond donors (Lipinski definition) is 0. The molecule has 2 aromatic rings. The molecule has 2 rings (SSSR count). The van der Waals surface area contributed by atoms with E-state index in [9.17, 15) is 4.39 Å². The Morgan fingerprint density at radius 3 is 1.72 bits per heavy atom. The third-order valence-electron chi connectivity index (χ3n) is 2.43. The molecular formula is C15H13FN2. The van der Waals surface area contributed by atoms with E-state index in [4.69, 9.17) is 0 Å². The topological polar surface area (TPSA) is 24.7 Å². The van der Waals surface area contributed by atoms with Gasteiger partial charge in [0.1, 0.15) is 5.82 Å². The van der Waals surface area contributed by atoms with Gasteiger partial charge in [-0.3, -0.25) is 0 Å². The van der Waals surface area contributed by atoms with Crippen molar-refractivity contribution >= 4 is 12.4 Å². The molecule has 0 unspecified atom stereocenters. The van der Waals surface area contributed by atoms with E-state index in [0.717, 1.165) is 11.1 Å². The first-order valence-corrected chi connectivity index (χ1v) is 5.63. The van der Waals surface area contributed by atoms with Crippen LogP contribution in [0, 0.1) is 12.7 Å². The molecule has 0 N–H and O–H groups in total. The van der Waals surface area contributed by atoms with Crippen molar-refractivity contribution in [1.29, 1.82) is 0 Å². The van der Waals surface area contributed by atoms with Crippen LogP contribution in [0.25, 0.3) is 0 Å². The summed E-state index contributed by atoms with van der Waals surface area (Å²) >= 11 is 0. The van der Waals surface area contributed by atoms with Crippen molar-refractivity contribution in [3.8, 4) is 0 Å². The molecule has 0 radical (unpaired) electrons. The van der Waals surface area contributed by atoms with Crippen LogP contribution in [-0.4, -0.2) is 12.4 Å². The average molecular weight is 240 g/mol. The molecule has 0 aromatic heterocycles. The Balaban J connectivity index is 1.98. The molecule has 2 aromatic carbocycles. The second-order valence-electron chi connectivity index (χ2n) is 3.95. The SMILES string of the molecule is Cc1ccc(C=NN=Cc2ccc(F)cc2)cc1. The fraction of sp³-hybridized carbons (Fsp3) is 0.0667. The van der Waals surface area contributed by atoms with Crippen molar-refractivity contribution < 1.29 is 4.39 Å². The lowest BCUT2D eigenvalue weighted by Gasteiger charge is -1.92. The molecule has 0 aliphatic heterocycles. The lowest BCUT2D eigenvalue weighted by molar-refractivity contribution is 0.628. The second kappa shape index (κ2) is 5.87. The molecule has 18 heavy (non-hydrogen) atoms. The summed E-state index contributed by atoms with van der Waals surface area (Å²) in [6.45, 7) is 2.04. The molecule has 0 amide bonds. The van der Waals surface area contributed by atoms with Crippen molar-refractivity contribution in [2.75, 3.05) is 0 Å². The van der Waals surface area contributed by atoms with Gasteiger partial charge in [-0.05, 0) is 30.2 Å². The third-order valence-corrected chi connectivity index (χ3v) is 2.43. The number of hydrogen-bond acceptors (Lipinski definition) is 2. The van der Waals surface area contributed by atoms with Gasteiger partial charge in [0, 0.05) is 0 Å². The monoisotopic (exact) mass is 240 g/mol. The molecule has 0 spiro atoms. The maximum absolute atomic E-state index is 12.7. The predicted octanol–water partition coefficient (Wildman–Crippen LogP) is 3.59. The van der Waals surface area contributed by atoms with Crippen LogP contribution in [0.5, 0.6) is 0 Å². The summed E-state index contributed by atoms with van der Waals surface area (Å²) in [5.41, 5.74) is 3.02. The van der Waals surface area contributed by atoms with Crippen LogP contribution in [0.1, 0.15) is 16.7 Å². The van der Waals surface area contributed by atoms with Gasteiger partial charge in [-0.2, -0.15) is 10.2 Å². The van der Waals surface area contributed by atoms with Gasteiger partial charge in [-0.15, -0.1) is 0 Å². The first-order chi connectivity index (χ1) is 8.74. The van der Waals surface area contributed by atoms with E-state index < -0.39 is 0 Å². The summed E-state index contributed by atoms with van der Waals surface area (Å²) in [5.74, 6) is -0.254. The minimum atomic E-state index is -0.254. The van der Waals surface area contributed by atoms with E-state index >= 15 is 0 Å². The molecule has 90 valence electrons. The zero-order valence-corrected chi connectivity index (χ0v) is 10.0. The zero-order chi connectivity index (χ0) is 12.8. The summed E-state index contributed by atoms with van der Waals surface area (Å²) in [6, 6.07) is 14.1. The molecule has 0 atom stereocenters. The third kappa shape index (κ3) is 3.63. The molecule has 3 heteroatoms. The second-order valence-corrected chi connectivity index (χ2v) is 3.95. The van der Waals surface area contributed by atoms with E-state index in [1.807, 2.05) is 31.2 Å². The highest BCUT2D eigenvalue weighted by Gasteiger charge is 1.89. The quantitative estimate of drug-likeness (QED) is 0.578. The summed E-state index contributed by atoms with van der Waals surface area (Å²) in [6.07, 6.45) is 3.27. The van der Waals surface area contributed by atoms with Crippen LogP contribution in [-0.2, 0) is 0 Å². The predicted molar refractivity (Wildman–Crippen MR) is 72.8 cm³/mol. The van der Waals surface area contributed by atoms with Gasteiger partial charge in [-0.1, -0.05) is 42.0 Å². The fourth-order valence-corrected chi connectivity index (χ4v) is 1.40. The number of rotatable bonds is 3. The number of benzene rings is 2. The van der Waals surface area contributed by atoms with Crippen LogP contribution in [0.15, 0.2) is 58.7 Å². The molecule has 0 saturated heterocycles. The molecule has 0 aliphatic rings. The lowest BCUT2D eigenvalue weighted by Crippen LogP contribution is -1.82. The van der Waals surface area contributed by atoms with E-state index in [1.54, 1.807) is 24.6 Å². The van der Waals surface area contributed by atoms with Gasteiger partial charge in [0.15, 0.2) is 0 Å². The Bertz CT molecular complexity index is 501. The summed E-state index contributed by atoms with van der Waals surface area (Å²) in [7, 11) is 0. The first kappa shape index (κ1) is 12.2. The Labute approximate surface area is 106 Å². The highest BCUT2D eigenvalue weighted by atomic mass is 19.1. The molecule has 2 nitrogen and oxygen atoms in total. The molecule has 0 saturated carbocycles. The fourth-order valence-electron chi connectivity index (χ4n) is 1.40. The number of nitrogens with zero attached hydrogens (tertiary/aromatic N) is 2. The Hall–Kier alpha value is -2.29. The van der Waals surface area contributed by atoms with Gasteiger partial charge < -0.3 is 0 Å². The Morgan fingerprint density at radius 1 is 0.778 bits per heavy atom. The van der Waals surface area contributed by atoms with Crippen molar-refractivity contribution in [3.05, 3.63) is 71.0 Å². The highest BCUT2D eigenvalue weighted by Crippen LogP contribution is 2.01. The summed E-state index contributed by atoms with van der Waals surface area (Å²) in [4.78, 5) is 0. The van der Waals surface area contributed by atoms with Crippen molar-refractivity contribution in [3.63, 3.8) is 0 Å². The summed E-state index contributed by atoms with van der Waals surface area (Å²) < 4.78 is 12.7. The Kier molecular flexibility index (Phi) is 3.97. The molecule has 0 fully saturated rings. The zero-order valence-electron chi connectivity index (χ0n) is 10.0. The van der Waals surface area contributed by atoms with Crippen molar-refractivity contribution in [2.24, 2.45) is 10.2 Å². The largest absolute Gasteiger partial charge is 0.207 e. The molecule has 0 heterocycles. The normalized spacial score (nSPS) is 11.4. The van der Waals surface area contributed by atoms with E-state index in [1.165, 1.54) is 17.7 Å². The van der Waals surface area contributed by atoms with Crippen LogP contribution < -0.4 is 0 Å². The maximum Gasteiger partial charge on any atom is 0.123 e. The van der Waals surface area contributed by atoms with E-state index in [0.29, 0.717) is 0 Å². The van der Waals surface area contributed by atoms with Crippen LogP contribution in [0.4, 0.5) is 4.39 Å². The van der Waals surface area contributed by atoms with Gasteiger partial charge in [-0.25, -0.2) is 4.39 Å². The van der Waals surface area contributed by atoms with Crippen LogP contribution >= 0.6 is 0 Å². The molecule has 0 aliphatic carbocycles. The van der Waals surface area contributed by atoms with Gasteiger partial charge >= 0.3 is 0 Å². The highest BCUT2D eigenvalue weighted by molar-refractivity contribution is 5.82. The molecule has 0 bridgehead atoms. The number of halogens is 1. The van der Waals surface area contributed by atoms with E-state index in [-0.39, 0.29) is 5.82 Å². The van der Waals surface area contributed by atoms with Gasteiger partial charge in [0.05, 0.1) is 12.4 Å².